The zero-order chi connectivity index (χ0) is 13.9. The molecule has 0 aliphatic heterocycles. The van der Waals surface area contributed by atoms with Crippen molar-refractivity contribution in [3.8, 4) is 0 Å². The van der Waals surface area contributed by atoms with E-state index >= 15 is 0 Å². The first-order valence-corrected chi connectivity index (χ1v) is 6.17. The summed E-state index contributed by atoms with van der Waals surface area (Å²) in [6.45, 7) is 1.29. The Morgan fingerprint density at radius 2 is 2.06 bits per heavy atom. The topological polar surface area (TPSA) is 86.6 Å². The third-order valence-electron chi connectivity index (χ3n) is 2.21. The predicted octanol–water partition coefficient (Wildman–Crippen LogP) is 1.67. The molecule has 0 saturated carbocycles. The number of halogens is 2. The lowest BCUT2D eigenvalue weighted by atomic mass is 10.1. The summed E-state index contributed by atoms with van der Waals surface area (Å²) in [4.78, 5) is 22.7. The van der Waals surface area contributed by atoms with Crippen molar-refractivity contribution in [2.45, 2.75) is 19.1 Å². The van der Waals surface area contributed by atoms with Crippen molar-refractivity contribution in [2.24, 2.45) is 0 Å². The van der Waals surface area contributed by atoms with Crippen molar-refractivity contribution >= 4 is 39.4 Å². The van der Waals surface area contributed by atoms with E-state index in [0.29, 0.717) is 9.50 Å². The summed E-state index contributed by atoms with van der Waals surface area (Å²) in [7, 11) is 0. The lowest BCUT2D eigenvalue weighted by Gasteiger charge is -2.17. The molecule has 0 aromatic heterocycles. The highest BCUT2D eigenvalue weighted by Gasteiger charge is 2.26. The first-order chi connectivity index (χ1) is 8.32. The van der Waals surface area contributed by atoms with Gasteiger partial charge >= 0.3 is 5.97 Å². The number of aliphatic carboxylic acids is 1. The molecular formula is C11H11BrClNO4. The van der Waals surface area contributed by atoms with Gasteiger partial charge in [0.05, 0.1) is 11.7 Å². The van der Waals surface area contributed by atoms with Crippen LogP contribution in [-0.4, -0.2) is 34.2 Å². The van der Waals surface area contributed by atoms with Crippen LogP contribution in [0.4, 0.5) is 0 Å². The number of carbonyl (C=O) groups excluding carboxylic acids is 1. The number of hydrogen-bond donors (Lipinski definition) is 3. The molecule has 2 atom stereocenters. The van der Waals surface area contributed by atoms with E-state index in [2.05, 4.69) is 21.2 Å². The summed E-state index contributed by atoms with van der Waals surface area (Å²) >= 11 is 8.89. The van der Waals surface area contributed by atoms with Crippen molar-refractivity contribution in [1.29, 1.82) is 0 Å². The summed E-state index contributed by atoms with van der Waals surface area (Å²) in [5.41, 5.74) is 0.242. The molecule has 0 aliphatic rings. The van der Waals surface area contributed by atoms with Crippen LogP contribution in [0.2, 0.25) is 5.02 Å². The van der Waals surface area contributed by atoms with Gasteiger partial charge in [0, 0.05) is 9.50 Å². The van der Waals surface area contributed by atoms with E-state index in [1.54, 1.807) is 0 Å². The summed E-state index contributed by atoms with van der Waals surface area (Å²) in [5.74, 6) is -1.91. The Kier molecular flexibility index (Phi) is 5.13. The highest BCUT2D eigenvalue weighted by atomic mass is 79.9. The summed E-state index contributed by atoms with van der Waals surface area (Å²) in [5, 5.41) is 20.8. The molecule has 0 saturated heterocycles. The van der Waals surface area contributed by atoms with Crippen LogP contribution < -0.4 is 5.32 Å². The maximum Gasteiger partial charge on any atom is 0.328 e. The van der Waals surface area contributed by atoms with Crippen LogP contribution in [0.25, 0.3) is 0 Å². The summed E-state index contributed by atoms with van der Waals surface area (Å²) in [6, 6.07) is 3.14. The zero-order valence-electron chi connectivity index (χ0n) is 9.35. The van der Waals surface area contributed by atoms with Gasteiger partial charge in [0.2, 0.25) is 0 Å². The number of aliphatic hydroxyl groups is 1. The maximum atomic E-state index is 11.8. The van der Waals surface area contributed by atoms with Gasteiger partial charge in [-0.15, -0.1) is 0 Å². The number of nitrogens with one attached hydrogen (secondary N) is 1. The molecule has 0 radical (unpaired) electrons. The molecule has 3 N–H and O–H groups in total. The van der Waals surface area contributed by atoms with E-state index in [0.717, 1.165) is 0 Å². The summed E-state index contributed by atoms with van der Waals surface area (Å²) < 4.78 is 0.447. The molecule has 5 nitrogen and oxygen atoms in total. The standard InChI is InChI=1S/C11H11BrClNO4/c1-5(15)9(11(17)18)14-10(16)7-3-2-6(13)4-8(7)12/h2-5,9,15H,1H3,(H,14,16)(H,17,18)/t5-,9+/m1/s1. The van der Waals surface area contributed by atoms with Crippen LogP contribution in [0.15, 0.2) is 22.7 Å². The molecule has 0 fully saturated rings. The molecule has 0 spiro atoms. The quantitative estimate of drug-likeness (QED) is 0.780. The van der Waals surface area contributed by atoms with E-state index in [4.69, 9.17) is 16.7 Å². The highest BCUT2D eigenvalue weighted by Crippen LogP contribution is 2.21. The van der Waals surface area contributed by atoms with Gasteiger partial charge in [-0.25, -0.2) is 4.79 Å². The third kappa shape index (κ3) is 3.69. The molecule has 0 unspecified atom stereocenters. The van der Waals surface area contributed by atoms with Crippen molar-refractivity contribution in [3.63, 3.8) is 0 Å². The molecule has 0 heterocycles. The monoisotopic (exact) mass is 335 g/mol. The number of benzene rings is 1. The number of carboxylic acid groups (broad SMARTS) is 1. The molecule has 1 rings (SSSR count). The number of carboxylic acids is 1. The van der Waals surface area contributed by atoms with Gasteiger partial charge in [0.25, 0.3) is 5.91 Å². The second kappa shape index (κ2) is 6.17. The molecule has 98 valence electrons. The van der Waals surface area contributed by atoms with E-state index in [9.17, 15) is 14.7 Å². The van der Waals surface area contributed by atoms with Crippen LogP contribution in [0.1, 0.15) is 17.3 Å². The fourth-order valence-electron chi connectivity index (χ4n) is 1.28. The zero-order valence-corrected chi connectivity index (χ0v) is 11.7. The van der Waals surface area contributed by atoms with E-state index in [-0.39, 0.29) is 5.56 Å². The van der Waals surface area contributed by atoms with Gasteiger partial charge < -0.3 is 15.5 Å². The van der Waals surface area contributed by atoms with Crippen LogP contribution >= 0.6 is 27.5 Å². The highest BCUT2D eigenvalue weighted by molar-refractivity contribution is 9.10. The van der Waals surface area contributed by atoms with E-state index in [1.165, 1.54) is 25.1 Å². The van der Waals surface area contributed by atoms with Crippen LogP contribution in [0, 0.1) is 0 Å². The molecule has 0 aliphatic carbocycles. The second-order valence-corrected chi connectivity index (χ2v) is 4.94. The largest absolute Gasteiger partial charge is 0.480 e. The Bertz CT molecular complexity index is 478. The number of aliphatic hydroxyl groups excluding tert-OH is 1. The van der Waals surface area contributed by atoms with E-state index < -0.39 is 24.0 Å². The van der Waals surface area contributed by atoms with Gasteiger partial charge in [-0.2, -0.15) is 0 Å². The lowest BCUT2D eigenvalue weighted by Crippen LogP contribution is -2.47. The minimum atomic E-state index is -1.36. The number of rotatable bonds is 4. The number of carbonyl (C=O) groups is 2. The molecule has 0 bridgehead atoms. The molecule has 7 heteroatoms. The van der Waals surface area contributed by atoms with Crippen molar-refractivity contribution in [1.82, 2.24) is 5.32 Å². The second-order valence-electron chi connectivity index (χ2n) is 3.65. The molecule has 18 heavy (non-hydrogen) atoms. The van der Waals surface area contributed by atoms with Gasteiger partial charge in [-0.05, 0) is 41.1 Å². The Labute approximate surface area is 117 Å². The van der Waals surface area contributed by atoms with Crippen LogP contribution in [-0.2, 0) is 4.79 Å². The molecule has 1 aromatic carbocycles. The number of hydrogen-bond acceptors (Lipinski definition) is 3. The number of amides is 1. The molecular weight excluding hydrogens is 325 g/mol. The Balaban J connectivity index is 2.91. The predicted molar refractivity (Wildman–Crippen MR) is 69.7 cm³/mol. The first-order valence-electron chi connectivity index (χ1n) is 4.99. The van der Waals surface area contributed by atoms with Crippen molar-refractivity contribution < 1.29 is 19.8 Å². The van der Waals surface area contributed by atoms with Crippen molar-refractivity contribution in [3.05, 3.63) is 33.3 Å². The summed E-state index contributed by atoms with van der Waals surface area (Å²) in [6.07, 6.45) is -1.20. The fourth-order valence-corrected chi connectivity index (χ4v) is 2.14. The van der Waals surface area contributed by atoms with Gasteiger partial charge in [0.1, 0.15) is 0 Å². The smallest absolute Gasteiger partial charge is 0.328 e. The average Bonchev–Trinajstić information content (AvgIpc) is 2.24. The Morgan fingerprint density at radius 1 is 1.44 bits per heavy atom. The average molecular weight is 337 g/mol. The Morgan fingerprint density at radius 3 is 2.50 bits per heavy atom. The minimum absolute atomic E-state index is 0.242. The SMILES string of the molecule is C[C@@H](O)[C@H](NC(=O)c1ccc(Cl)cc1Br)C(=O)O. The molecule has 1 amide bonds. The normalized spacial score (nSPS) is 13.8. The van der Waals surface area contributed by atoms with E-state index in [1.807, 2.05) is 0 Å². The fraction of sp³-hybridized carbons (Fsp3) is 0.273. The van der Waals surface area contributed by atoms with Crippen LogP contribution in [0.3, 0.4) is 0 Å². The van der Waals surface area contributed by atoms with Crippen LogP contribution in [0.5, 0.6) is 0 Å². The Hall–Kier alpha value is -1.11. The van der Waals surface area contributed by atoms with Gasteiger partial charge in [-0.3, -0.25) is 4.79 Å². The van der Waals surface area contributed by atoms with Gasteiger partial charge in [-0.1, -0.05) is 11.6 Å². The first kappa shape index (κ1) is 14.9. The minimum Gasteiger partial charge on any atom is -0.480 e. The molecule has 1 aromatic rings. The van der Waals surface area contributed by atoms with Gasteiger partial charge in [0.15, 0.2) is 6.04 Å². The third-order valence-corrected chi connectivity index (χ3v) is 3.10. The lowest BCUT2D eigenvalue weighted by molar-refractivity contribution is -0.141. The maximum absolute atomic E-state index is 11.8. The van der Waals surface area contributed by atoms with Crippen molar-refractivity contribution in [2.75, 3.05) is 0 Å².